The third-order valence-electron chi connectivity index (χ3n) is 2.93. The molecule has 1 aliphatic heterocycles. The van der Waals surface area contributed by atoms with Crippen molar-refractivity contribution in [3.8, 4) is 5.69 Å². The number of ketones is 1. The second-order valence-electron chi connectivity index (χ2n) is 3.87. The van der Waals surface area contributed by atoms with E-state index in [4.69, 9.17) is 11.5 Å². The summed E-state index contributed by atoms with van der Waals surface area (Å²) in [4.78, 5) is 23.2. The van der Waals surface area contributed by atoms with E-state index in [1.165, 1.54) is 6.07 Å². The van der Waals surface area contributed by atoms with Crippen LogP contribution < -0.4 is 11.5 Å². The molecule has 1 aromatic heterocycles. The van der Waals surface area contributed by atoms with Crippen LogP contribution in [0.15, 0.2) is 30.3 Å². The molecule has 0 unspecified atom stereocenters. The lowest BCUT2D eigenvalue weighted by molar-refractivity contribution is 0.100. The molecule has 17 heavy (non-hydrogen) atoms. The highest BCUT2D eigenvalue weighted by molar-refractivity contribution is 6.16. The van der Waals surface area contributed by atoms with Crippen molar-refractivity contribution < 1.29 is 9.59 Å². The minimum absolute atomic E-state index is 0.139. The monoisotopic (exact) mass is 227 g/mol. The average Bonchev–Trinajstić information content (AvgIpc) is 2.78. The molecule has 0 aliphatic carbocycles. The zero-order valence-electron chi connectivity index (χ0n) is 8.81. The van der Waals surface area contributed by atoms with E-state index in [1.807, 2.05) is 6.07 Å². The van der Waals surface area contributed by atoms with E-state index in [-0.39, 0.29) is 17.2 Å². The number of carbonyl (C=O) groups excluding carboxylic acids is 2. The van der Waals surface area contributed by atoms with Crippen LogP contribution in [0.1, 0.15) is 26.4 Å². The summed E-state index contributed by atoms with van der Waals surface area (Å²) in [6.07, 6.45) is 0. The van der Waals surface area contributed by atoms with Gasteiger partial charge in [0.15, 0.2) is 0 Å². The standard InChI is InChI=1S/C12H9N3O2/c13-11-7(12(14)17)5-9-10(16)6-3-1-2-4-8(6)15(9)11/h1-5H,13H2,(H2,14,17). The van der Waals surface area contributed by atoms with Crippen LogP contribution in [0.2, 0.25) is 0 Å². The van der Waals surface area contributed by atoms with Gasteiger partial charge in [0.2, 0.25) is 5.78 Å². The lowest BCUT2D eigenvalue weighted by Crippen LogP contribution is -2.13. The molecule has 1 aliphatic rings. The Morgan fingerprint density at radius 1 is 1.24 bits per heavy atom. The Kier molecular flexibility index (Phi) is 1.69. The molecular weight excluding hydrogens is 218 g/mol. The molecule has 2 heterocycles. The number of primary amides is 1. The van der Waals surface area contributed by atoms with E-state index in [2.05, 4.69) is 0 Å². The van der Waals surface area contributed by atoms with Gasteiger partial charge in [0.1, 0.15) is 5.82 Å². The Morgan fingerprint density at radius 2 is 1.94 bits per heavy atom. The quantitative estimate of drug-likeness (QED) is 0.641. The van der Waals surface area contributed by atoms with Crippen LogP contribution in [0.3, 0.4) is 0 Å². The van der Waals surface area contributed by atoms with Gasteiger partial charge in [-0.05, 0) is 18.2 Å². The third kappa shape index (κ3) is 1.08. The Labute approximate surface area is 96.6 Å². The van der Waals surface area contributed by atoms with Crippen LogP contribution >= 0.6 is 0 Å². The highest BCUT2D eigenvalue weighted by Gasteiger charge is 2.30. The molecule has 1 amide bonds. The molecule has 1 aromatic carbocycles. The number of nitrogen functional groups attached to an aromatic ring is 1. The van der Waals surface area contributed by atoms with Gasteiger partial charge in [-0.3, -0.25) is 14.2 Å². The highest BCUT2D eigenvalue weighted by Crippen LogP contribution is 2.33. The normalized spacial score (nSPS) is 12.4. The maximum atomic E-state index is 12.0. The average molecular weight is 227 g/mol. The molecule has 4 N–H and O–H groups in total. The number of hydrogen-bond donors (Lipinski definition) is 2. The van der Waals surface area contributed by atoms with Crippen molar-refractivity contribution in [1.29, 1.82) is 0 Å². The predicted octanol–water partition coefficient (Wildman–Crippen LogP) is 0.703. The first-order chi connectivity index (χ1) is 8.11. The van der Waals surface area contributed by atoms with Crippen molar-refractivity contribution in [2.24, 2.45) is 5.73 Å². The fourth-order valence-corrected chi connectivity index (χ4v) is 2.15. The molecule has 0 bridgehead atoms. The largest absolute Gasteiger partial charge is 0.384 e. The van der Waals surface area contributed by atoms with Crippen molar-refractivity contribution in [2.45, 2.75) is 0 Å². The molecule has 0 atom stereocenters. The van der Waals surface area contributed by atoms with Gasteiger partial charge >= 0.3 is 0 Å². The molecule has 2 aromatic rings. The van der Waals surface area contributed by atoms with Gasteiger partial charge in [0.05, 0.1) is 16.9 Å². The summed E-state index contributed by atoms with van der Waals surface area (Å²) in [5.74, 6) is -0.555. The zero-order chi connectivity index (χ0) is 12.2. The Balaban J connectivity index is 2.36. The fourth-order valence-electron chi connectivity index (χ4n) is 2.15. The first kappa shape index (κ1) is 9.65. The number of fused-ring (bicyclic) bond motifs is 3. The minimum Gasteiger partial charge on any atom is -0.384 e. The summed E-state index contributed by atoms with van der Waals surface area (Å²) in [6.45, 7) is 0. The van der Waals surface area contributed by atoms with Gasteiger partial charge in [0, 0.05) is 5.56 Å². The molecule has 0 spiro atoms. The summed E-state index contributed by atoms with van der Waals surface area (Å²) in [5.41, 5.74) is 12.9. The molecule has 3 rings (SSSR count). The van der Waals surface area contributed by atoms with Crippen LogP contribution in [0.4, 0.5) is 5.82 Å². The van der Waals surface area contributed by atoms with E-state index < -0.39 is 5.91 Å². The number of amides is 1. The Bertz CT molecular complexity index is 670. The third-order valence-corrected chi connectivity index (χ3v) is 2.93. The summed E-state index contributed by atoms with van der Waals surface area (Å²) in [5, 5.41) is 0. The van der Waals surface area contributed by atoms with Gasteiger partial charge in [-0.15, -0.1) is 0 Å². The number of benzene rings is 1. The first-order valence-electron chi connectivity index (χ1n) is 5.06. The topological polar surface area (TPSA) is 91.1 Å². The lowest BCUT2D eigenvalue weighted by atomic mass is 10.1. The number of nitrogens with zero attached hydrogens (tertiary/aromatic N) is 1. The van der Waals surface area contributed by atoms with E-state index in [9.17, 15) is 9.59 Å². The van der Waals surface area contributed by atoms with Crippen molar-refractivity contribution in [3.63, 3.8) is 0 Å². The number of aromatic nitrogens is 1. The Morgan fingerprint density at radius 3 is 2.65 bits per heavy atom. The number of rotatable bonds is 1. The smallest absolute Gasteiger partial charge is 0.252 e. The maximum absolute atomic E-state index is 12.0. The molecular formula is C12H9N3O2. The van der Waals surface area contributed by atoms with Crippen LogP contribution in [-0.2, 0) is 0 Å². The first-order valence-corrected chi connectivity index (χ1v) is 5.06. The van der Waals surface area contributed by atoms with E-state index >= 15 is 0 Å². The second-order valence-corrected chi connectivity index (χ2v) is 3.87. The lowest BCUT2D eigenvalue weighted by Gasteiger charge is -2.04. The van der Waals surface area contributed by atoms with Gasteiger partial charge in [-0.2, -0.15) is 0 Å². The van der Waals surface area contributed by atoms with Crippen LogP contribution in [-0.4, -0.2) is 16.3 Å². The van der Waals surface area contributed by atoms with Gasteiger partial charge in [0.25, 0.3) is 5.91 Å². The van der Waals surface area contributed by atoms with Crippen LogP contribution in [0.5, 0.6) is 0 Å². The van der Waals surface area contributed by atoms with Crippen LogP contribution in [0, 0.1) is 0 Å². The number of nitrogens with two attached hydrogens (primary N) is 2. The minimum atomic E-state index is -0.630. The van der Waals surface area contributed by atoms with E-state index in [0.717, 1.165) is 0 Å². The molecule has 0 saturated carbocycles. The van der Waals surface area contributed by atoms with Crippen LogP contribution in [0.25, 0.3) is 5.69 Å². The number of carbonyl (C=O) groups is 2. The van der Waals surface area contributed by atoms with Crippen molar-refractivity contribution in [1.82, 2.24) is 4.57 Å². The Hall–Kier alpha value is -2.56. The molecule has 0 fully saturated rings. The number of anilines is 1. The molecule has 0 saturated heterocycles. The van der Waals surface area contributed by atoms with E-state index in [0.29, 0.717) is 16.9 Å². The second kappa shape index (κ2) is 2.98. The zero-order valence-corrected chi connectivity index (χ0v) is 8.81. The SMILES string of the molecule is NC(=O)c1cc2n(c1N)-c1ccccc1C2=O. The maximum Gasteiger partial charge on any atom is 0.252 e. The number of hydrogen-bond acceptors (Lipinski definition) is 3. The highest BCUT2D eigenvalue weighted by atomic mass is 16.1. The summed E-state index contributed by atoms with van der Waals surface area (Å²) in [6, 6.07) is 8.55. The van der Waals surface area contributed by atoms with Crippen molar-refractivity contribution >= 4 is 17.5 Å². The molecule has 84 valence electrons. The molecule has 5 nitrogen and oxygen atoms in total. The van der Waals surface area contributed by atoms with E-state index in [1.54, 1.807) is 22.8 Å². The number of para-hydroxylation sites is 1. The molecule has 5 heteroatoms. The van der Waals surface area contributed by atoms with Crippen molar-refractivity contribution in [2.75, 3.05) is 5.73 Å². The molecule has 0 radical (unpaired) electrons. The van der Waals surface area contributed by atoms with Gasteiger partial charge in [-0.1, -0.05) is 12.1 Å². The predicted molar refractivity (Wildman–Crippen MR) is 62.1 cm³/mol. The van der Waals surface area contributed by atoms with Gasteiger partial charge in [-0.25, -0.2) is 0 Å². The summed E-state index contributed by atoms with van der Waals surface area (Å²) < 4.78 is 1.57. The van der Waals surface area contributed by atoms with Gasteiger partial charge < -0.3 is 11.5 Å². The summed E-state index contributed by atoms with van der Waals surface area (Å²) in [7, 11) is 0. The fraction of sp³-hybridized carbons (Fsp3) is 0. The summed E-state index contributed by atoms with van der Waals surface area (Å²) >= 11 is 0. The van der Waals surface area contributed by atoms with Crippen molar-refractivity contribution in [3.05, 3.63) is 47.2 Å².